The highest BCUT2D eigenvalue weighted by molar-refractivity contribution is 7.89. The van der Waals surface area contributed by atoms with Crippen molar-refractivity contribution in [1.82, 2.24) is 19.2 Å². The van der Waals surface area contributed by atoms with Crippen LogP contribution in [0.1, 0.15) is 25.7 Å². The number of hydrogen-bond donors (Lipinski definition) is 3. The number of amides is 1. The van der Waals surface area contributed by atoms with Crippen molar-refractivity contribution < 1.29 is 18.1 Å². The average molecular weight is 423 g/mol. The monoisotopic (exact) mass is 422 g/mol. The summed E-state index contributed by atoms with van der Waals surface area (Å²) in [6.45, 7) is 4.11. The summed E-state index contributed by atoms with van der Waals surface area (Å²) in [6.07, 6.45) is 4.53. The number of H-pyrrole nitrogens is 2. The van der Waals surface area contributed by atoms with Crippen LogP contribution in [0.4, 0.5) is 0 Å². The smallest absolute Gasteiger partial charge is 0.323 e. The standard InChI is InChI=1S/C19H27N5O4S/c25-18(23-7-3-1-2-4-8-23)14-22-9-11-24(12-10-22)29(27,28)15-5-6-16-17(13-15)21-19(26)20-16/h5-6,13H,1-4,7-12,14H2,(H2,20,21,26)/p+1. The van der Waals surface area contributed by atoms with Crippen LogP contribution < -0.4 is 10.6 Å². The molecule has 29 heavy (non-hydrogen) atoms. The van der Waals surface area contributed by atoms with Gasteiger partial charge in [-0.25, -0.2) is 13.2 Å². The number of benzene rings is 1. The van der Waals surface area contributed by atoms with Crippen molar-refractivity contribution in [2.45, 2.75) is 30.6 Å². The molecule has 0 aliphatic carbocycles. The van der Waals surface area contributed by atoms with Crippen LogP contribution >= 0.6 is 0 Å². The number of fused-ring (bicyclic) bond motifs is 1. The number of aromatic nitrogens is 2. The predicted octanol–water partition coefficient (Wildman–Crippen LogP) is -0.852. The van der Waals surface area contributed by atoms with Gasteiger partial charge in [-0.05, 0) is 31.0 Å². The van der Waals surface area contributed by atoms with Crippen molar-refractivity contribution in [1.29, 1.82) is 0 Å². The number of likely N-dealkylation sites (tertiary alicyclic amines) is 1. The Kier molecular flexibility index (Phi) is 5.75. The lowest BCUT2D eigenvalue weighted by atomic mass is 10.2. The van der Waals surface area contributed by atoms with E-state index in [9.17, 15) is 18.0 Å². The molecule has 0 spiro atoms. The molecule has 2 aromatic rings. The number of carbonyl (C=O) groups is 1. The first-order valence-electron chi connectivity index (χ1n) is 10.3. The van der Waals surface area contributed by atoms with Gasteiger partial charge in [0, 0.05) is 13.1 Å². The van der Waals surface area contributed by atoms with E-state index in [1.807, 2.05) is 4.90 Å². The van der Waals surface area contributed by atoms with Crippen LogP contribution in [-0.2, 0) is 14.8 Å². The summed E-state index contributed by atoms with van der Waals surface area (Å²) >= 11 is 0. The fourth-order valence-corrected chi connectivity index (χ4v) is 5.65. The number of nitrogens with one attached hydrogen (secondary N) is 3. The molecule has 4 rings (SSSR count). The Morgan fingerprint density at radius 1 is 0.966 bits per heavy atom. The highest BCUT2D eigenvalue weighted by atomic mass is 32.2. The Morgan fingerprint density at radius 3 is 2.31 bits per heavy atom. The molecule has 0 radical (unpaired) electrons. The lowest BCUT2D eigenvalue weighted by Gasteiger charge is -2.32. The van der Waals surface area contributed by atoms with Crippen molar-refractivity contribution >= 4 is 27.0 Å². The van der Waals surface area contributed by atoms with Gasteiger partial charge in [-0.3, -0.25) is 4.79 Å². The second kappa shape index (κ2) is 8.29. The summed E-state index contributed by atoms with van der Waals surface area (Å²) in [7, 11) is -3.63. The molecule has 0 saturated carbocycles. The zero-order chi connectivity index (χ0) is 20.4. The molecular weight excluding hydrogens is 394 g/mol. The number of rotatable bonds is 4. The number of piperazine rings is 1. The molecular formula is C19H28N5O4S+. The number of nitrogens with zero attached hydrogens (tertiary/aromatic N) is 2. The molecule has 2 saturated heterocycles. The SMILES string of the molecule is O=C(C[NH+]1CCN(S(=O)(=O)c2ccc3[nH]c(=O)[nH]c3c2)CC1)N1CCCCCC1. The minimum atomic E-state index is -3.63. The molecule has 0 atom stereocenters. The molecule has 3 heterocycles. The van der Waals surface area contributed by atoms with E-state index in [-0.39, 0.29) is 16.5 Å². The van der Waals surface area contributed by atoms with Crippen molar-refractivity contribution in [2.75, 3.05) is 45.8 Å². The van der Waals surface area contributed by atoms with Gasteiger partial charge >= 0.3 is 5.69 Å². The first kappa shape index (κ1) is 20.1. The van der Waals surface area contributed by atoms with Crippen LogP contribution in [0.2, 0.25) is 0 Å². The van der Waals surface area contributed by atoms with Gasteiger partial charge in [-0.15, -0.1) is 0 Å². The van der Waals surface area contributed by atoms with Crippen molar-refractivity contribution in [3.8, 4) is 0 Å². The highest BCUT2D eigenvalue weighted by Crippen LogP contribution is 2.19. The average Bonchev–Trinajstić information content (AvgIpc) is 2.89. The Morgan fingerprint density at radius 2 is 1.62 bits per heavy atom. The van der Waals surface area contributed by atoms with Crippen molar-refractivity contribution in [2.24, 2.45) is 0 Å². The third-order valence-corrected chi connectivity index (χ3v) is 7.81. The third-order valence-electron chi connectivity index (χ3n) is 5.91. The third kappa shape index (κ3) is 4.39. The van der Waals surface area contributed by atoms with Crippen LogP contribution in [0.5, 0.6) is 0 Å². The van der Waals surface area contributed by atoms with Gasteiger partial charge in [0.1, 0.15) is 0 Å². The van der Waals surface area contributed by atoms with Gasteiger partial charge in [0.25, 0.3) is 5.91 Å². The number of aromatic amines is 2. The number of quaternary nitrogens is 1. The van der Waals surface area contributed by atoms with Gasteiger partial charge in [0.15, 0.2) is 6.54 Å². The van der Waals surface area contributed by atoms with Gasteiger partial charge in [-0.1, -0.05) is 12.8 Å². The van der Waals surface area contributed by atoms with E-state index in [0.717, 1.165) is 30.8 Å². The van der Waals surface area contributed by atoms with E-state index in [1.54, 1.807) is 6.07 Å². The van der Waals surface area contributed by atoms with E-state index < -0.39 is 10.0 Å². The summed E-state index contributed by atoms with van der Waals surface area (Å²) in [6, 6.07) is 4.61. The van der Waals surface area contributed by atoms with Crippen LogP contribution in [0.3, 0.4) is 0 Å². The Hall–Kier alpha value is -2.17. The Labute approximate surface area is 169 Å². The zero-order valence-electron chi connectivity index (χ0n) is 16.4. The first-order chi connectivity index (χ1) is 13.9. The van der Waals surface area contributed by atoms with Crippen molar-refractivity contribution in [3.63, 3.8) is 0 Å². The summed E-state index contributed by atoms with van der Waals surface area (Å²) in [5.74, 6) is 0.181. The second-order valence-corrected chi connectivity index (χ2v) is 9.85. The number of hydrogen-bond acceptors (Lipinski definition) is 4. The molecule has 0 unspecified atom stereocenters. The van der Waals surface area contributed by atoms with Gasteiger partial charge in [-0.2, -0.15) is 4.31 Å². The topological polar surface area (TPSA) is 111 Å². The van der Waals surface area contributed by atoms with Gasteiger partial charge in [0.05, 0.1) is 42.1 Å². The Balaban J connectivity index is 1.37. The summed E-state index contributed by atoms with van der Waals surface area (Å²) in [4.78, 5) is 32.5. The summed E-state index contributed by atoms with van der Waals surface area (Å²) in [5, 5.41) is 0. The van der Waals surface area contributed by atoms with E-state index in [1.165, 1.54) is 29.3 Å². The minimum Gasteiger partial charge on any atom is -0.338 e. The summed E-state index contributed by atoms with van der Waals surface area (Å²) < 4.78 is 27.5. The minimum absolute atomic E-state index is 0.171. The van der Waals surface area contributed by atoms with E-state index in [4.69, 9.17) is 0 Å². The quantitative estimate of drug-likeness (QED) is 0.596. The lowest BCUT2D eigenvalue weighted by molar-refractivity contribution is -0.896. The fraction of sp³-hybridized carbons (Fsp3) is 0.579. The van der Waals surface area contributed by atoms with Gasteiger partial charge in [0.2, 0.25) is 10.0 Å². The largest absolute Gasteiger partial charge is 0.338 e. The van der Waals surface area contributed by atoms with E-state index in [2.05, 4.69) is 9.97 Å². The molecule has 3 N–H and O–H groups in total. The molecule has 9 nitrogen and oxygen atoms in total. The maximum absolute atomic E-state index is 13.0. The first-order valence-corrected chi connectivity index (χ1v) is 11.7. The molecule has 0 bridgehead atoms. The van der Waals surface area contributed by atoms with E-state index in [0.29, 0.717) is 43.8 Å². The van der Waals surface area contributed by atoms with Crippen LogP contribution in [0, 0.1) is 0 Å². The number of carbonyl (C=O) groups excluding carboxylic acids is 1. The van der Waals surface area contributed by atoms with Crippen LogP contribution in [0.25, 0.3) is 11.0 Å². The summed E-state index contributed by atoms with van der Waals surface area (Å²) in [5.41, 5.74) is 0.694. The maximum atomic E-state index is 13.0. The predicted molar refractivity (Wildman–Crippen MR) is 108 cm³/mol. The molecule has 1 aromatic heterocycles. The fourth-order valence-electron chi connectivity index (χ4n) is 4.19. The maximum Gasteiger partial charge on any atom is 0.323 e. The highest BCUT2D eigenvalue weighted by Gasteiger charge is 2.32. The normalized spacial score (nSPS) is 20.1. The second-order valence-electron chi connectivity index (χ2n) is 7.91. The van der Waals surface area contributed by atoms with Gasteiger partial charge < -0.3 is 19.8 Å². The molecule has 2 aliphatic heterocycles. The number of sulfonamides is 1. The van der Waals surface area contributed by atoms with Crippen LogP contribution in [-0.4, -0.2) is 79.3 Å². The lowest BCUT2D eigenvalue weighted by Crippen LogP contribution is -3.15. The molecule has 10 heteroatoms. The molecule has 1 amide bonds. The van der Waals surface area contributed by atoms with Crippen molar-refractivity contribution in [3.05, 3.63) is 28.7 Å². The number of imidazole rings is 1. The zero-order valence-corrected chi connectivity index (χ0v) is 17.3. The van der Waals surface area contributed by atoms with Crippen LogP contribution in [0.15, 0.2) is 27.9 Å². The molecule has 2 aliphatic rings. The Bertz CT molecular complexity index is 1030. The molecule has 158 valence electrons. The molecule has 2 fully saturated rings. The molecule has 1 aromatic carbocycles. The van der Waals surface area contributed by atoms with E-state index >= 15 is 0 Å².